The second-order valence-electron chi connectivity index (χ2n) is 7.35. The molecule has 3 heteroatoms. The minimum Gasteiger partial charge on any atom is -0.493 e. The summed E-state index contributed by atoms with van der Waals surface area (Å²) in [6.45, 7) is 5.39. The summed E-state index contributed by atoms with van der Waals surface area (Å²) in [5.74, 6) is 1.04. The van der Waals surface area contributed by atoms with Gasteiger partial charge in [-0.15, -0.1) is 0 Å². The molecule has 25 heavy (non-hydrogen) atoms. The molecular weight excluding hydrogens is 308 g/mol. The first kappa shape index (κ1) is 14.5. The van der Waals surface area contributed by atoms with Gasteiger partial charge in [0.15, 0.2) is 0 Å². The molecule has 0 bridgehead atoms. The number of nitrogens with one attached hydrogen (secondary N) is 1. The molecule has 2 aromatic heterocycles. The third kappa shape index (κ3) is 2.15. The van der Waals surface area contributed by atoms with Crippen molar-refractivity contribution in [2.45, 2.75) is 25.7 Å². The summed E-state index contributed by atoms with van der Waals surface area (Å²) in [5, 5.41) is 2.48. The fraction of sp³-hybridized carbons (Fsp3) is 0.227. The first-order chi connectivity index (χ1) is 12.1. The Kier molecular flexibility index (Phi) is 2.96. The average molecular weight is 328 g/mol. The number of nitrogens with zero attached hydrogens (tertiary/aromatic N) is 1. The lowest BCUT2D eigenvalue weighted by molar-refractivity contribution is 0.356. The first-order valence-electron chi connectivity index (χ1n) is 8.75. The molecule has 0 unspecified atom stereocenters. The van der Waals surface area contributed by atoms with E-state index < -0.39 is 0 Å². The van der Waals surface area contributed by atoms with Crippen molar-refractivity contribution in [3.8, 4) is 5.75 Å². The van der Waals surface area contributed by atoms with Crippen LogP contribution < -0.4 is 4.74 Å². The fourth-order valence-corrected chi connectivity index (χ4v) is 3.88. The maximum Gasteiger partial charge on any atom is 0.122 e. The van der Waals surface area contributed by atoms with Crippen LogP contribution in [0.15, 0.2) is 54.9 Å². The van der Waals surface area contributed by atoms with E-state index in [1.54, 1.807) is 0 Å². The van der Waals surface area contributed by atoms with Crippen molar-refractivity contribution in [2.75, 3.05) is 6.61 Å². The molecule has 1 N–H and O–H groups in total. The van der Waals surface area contributed by atoms with Gasteiger partial charge in [0.25, 0.3) is 0 Å². The third-order valence-corrected chi connectivity index (χ3v) is 5.53. The fourth-order valence-electron chi connectivity index (χ4n) is 3.88. The van der Waals surface area contributed by atoms with E-state index in [9.17, 15) is 0 Å². The van der Waals surface area contributed by atoms with E-state index >= 15 is 0 Å². The Labute approximate surface area is 146 Å². The van der Waals surface area contributed by atoms with Crippen LogP contribution in [0, 0.1) is 0 Å². The SMILES string of the molecule is CC(C)(c1ccc2c(c1)CCO2)c1ccc2[nH]c3cnccc3c2c1. The van der Waals surface area contributed by atoms with Crippen LogP contribution in [0.2, 0.25) is 0 Å². The van der Waals surface area contributed by atoms with Crippen LogP contribution in [0.5, 0.6) is 5.75 Å². The van der Waals surface area contributed by atoms with Crippen LogP contribution in [0.4, 0.5) is 0 Å². The standard InChI is InChI=1S/C22H20N2O/c1-22(2,15-4-6-21-14(11-15)8-10-25-21)16-3-5-19-18(12-16)17-7-9-23-13-20(17)24-19/h3-7,9,11-13,24H,8,10H2,1-2H3. The van der Waals surface area contributed by atoms with Crippen molar-refractivity contribution in [2.24, 2.45) is 0 Å². The van der Waals surface area contributed by atoms with Gasteiger partial charge in [0.05, 0.1) is 18.3 Å². The number of H-pyrrole nitrogens is 1. The molecule has 0 radical (unpaired) electrons. The Balaban J connectivity index is 1.67. The number of hydrogen-bond donors (Lipinski definition) is 1. The molecule has 0 fully saturated rings. The van der Waals surface area contributed by atoms with E-state index in [2.05, 4.69) is 66.3 Å². The lowest BCUT2D eigenvalue weighted by Gasteiger charge is -2.27. The maximum atomic E-state index is 5.66. The van der Waals surface area contributed by atoms with Gasteiger partial charge in [-0.05, 0) is 41.0 Å². The number of aromatic amines is 1. The molecule has 0 saturated heterocycles. The van der Waals surface area contributed by atoms with E-state index in [0.717, 1.165) is 29.8 Å². The summed E-state index contributed by atoms with van der Waals surface area (Å²) in [7, 11) is 0. The zero-order valence-corrected chi connectivity index (χ0v) is 14.5. The molecule has 0 saturated carbocycles. The van der Waals surface area contributed by atoms with Gasteiger partial charge < -0.3 is 9.72 Å². The van der Waals surface area contributed by atoms with Crippen LogP contribution >= 0.6 is 0 Å². The molecule has 2 aromatic carbocycles. The van der Waals surface area contributed by atoms with Crippen molar-refractivity contribution < 1.29 is 4.74 Å². The predicted octanol–water partition coefficient (Wildman–Crippen LogP) is 4.98. The van der Waals surface area contributed by atoms with Crippen LogP contribution in [0.1, 0.15) is 30.5 Å². The monoisotopic (exact) mass is 328 g/mol. The van der Waals surface area contributed by atoms with E-state index in [0.29, 0.717) is 0 Å². The molecule has 0 spiro atoms. The maximum absolute atomic E-state index is 5.66. The van der Waals surface area contributed by atoms with E-state index in [-0.39, 0.29) is 5.41 Å². The molecule has 1 aliphatic heterocycles. The summed E-state index contributed by atoms with van der Waals surface area (Å²) < 4.78 is 5.66. The third-order valence-electron chi connectivity index (χ3n) is 5.53. The molecule has 0 aliphatic carbocycles. The predicted molar refractivity (Wildman–Crippen MR) is 101 cm³/mol. The van der Waals surface area contributed by atoms with Gasteiger partial charge in [-0.2, -0.15) is 0 Å². The van der Waals surface area contributed by atoms with E-state index in [1.807, 2.05) is 12.4 Å². The molecule has 3 heterocycles. The molecular formula is C22H20N2O. The molecule has 4 aromatic rings. The molecule has 124 valence electrons. The van der Waals surface area contributed by atoms with Gasteiger partial charge in [0, 0.05) is 34.3 Å². The molecule has 0 amide bonds. The first-order valence-corrected chi connectivity index (χ1v) is 8.75. The minimum atomic E-state index is -0.0670. The van der Waals surface area contributed by atoms with E-state index in [4.69, 9.17) is 4.74 Å². The zero-order chi connectivity index (χ0) is 17.0. The number of ether oxygens (including phenoxy) is 1. The summed E-state index contributed by atoms with van der Waals surface area (Å²) in [4.78, 5) is 7.67. The lowest BCUT2D eigenvalue weighted by Crippen LogP contribution is -2.19. The Hall–Kier alpha value is -2.81. The zero-order valence-electron chi connectivity index (χ0n) is 14.5. The minimum absolute atomic E-state index is 0.0670. The second kappa shape index (κ2) is 5.09. The summed E-state index contributed by atoms with van der Waals surface area (Å²) in [5.41, 5.74) is 6.15. The Morgan fingerprint density at radius 3 is 2.72 bits per heavy atom. The van der Waals surface area contributed by atoms with Gasteiger partial charge in [-0.25, -0.2) is 0 Å². The van der Waals surface area contributed by atoms with Gasteiger partial charge in [0.2, 0.25) is 0 Å². The number of pyridine rings is 1. The van der Waals surface area contributed by atoms with Crippen LogP contribution in [0.25, 0.3) is 21.8 Å². The van der Waals surface area contributed by atoms with Gasteiger partial charge in [0.1, 0.15) is 5.75 Å². The Bertz CT molecular complexity index is 1110. The van der Waals surface area contributed by atoms with Crippen LogP contribution in [0.3, 0.4) is 0 Å². The normalized spacial score (nSPS) is 14.0. The molecule has 0 atom stereocenters. The quantitative estimate of drug-likeness (QED) is 0.564. The summed E-state index contributed by atoms with van der Waals surface area (Å²) in [6, 6.07) is 15.4. The van der Waals surface area contributed by atoms with Crippen molar-refractivity contribution in [1.29, 1.82) is 0 Å². The highest BCUT2D eigenvalue weighted by Gasteiger charge is 2.26. The largest absolute Gasteiger partial charge is 0.493 e. The van der Waals surface area contributed by atoms with Crippen LogP contribution in [-0.2, 0) is 11.8 Å². The lowest BCUT2D eigenvalue weighted by atomic mass is 9.77. The number of benzene rings is 2. The number of fused-ring (bicyclic) bond motifs is 4. The van der Waals surface area contributed by atoms with Crippen molar-refractivity contribution in [1.82, 2.24) is 9.97 Å². The van der Waals surface area contributed by atoms with Crippen molar-refractivity contribution >= 4 is 21.8 Å². The van der Waals surface area contributed by atoms with Gasteiger partial charge in [-0.1, -0.05) is 32.0 Å². The summed E-state index contributed by atoms with van der Waals surface area (Å²) >= 11 is 0. The topological polar surface area (TPSA) is 37.9 Å². The second-order valence-corrected chi connectivity index (χ2v) is 7.35. The summed E-state index contributed by atoms with van der Waals surface area (Å²) in [6.07, 6.45) is 4.75. The highest BCUT2D eigenvalue weighted by atomic mass is 16.5. The van der Waals surface area contributed by atoms with Gasteiger partial charge in [-0.3, -0.25) is 4.98 Å². The Morgan fingerprint density at radius 2 is 1.80 bits per heavy atom. The highest BCUT2D eigenvalue weighted by molar-refractivity contribution is 6.07. The van der Waals surface area contributed by atoms with Crippen molar-refractivity contribution in [3.05, 3.63) is 71.5 Å². The molecule has 5 rings (SSSR count). The number of hydrogen-bond acceptors (Lipinski definition) is 2. The highest BCUT2D eigenvalue weighted by Crippen LogP contribution is 2.37. The number of rotatable bonds is 2. The average Bonchev–Trinajstić information content (AvgIpc) is 3.24. The molecule has 3 nitrogen and oxygen atoms in total. The van der Waals surface area contributed by atoms with Crippen molar-refractivity contribution in [3.63, 3.8) is 0 Å². The van der Waals surface area contributed by atoms with E-state index in [1.165, 1.54) is 27.5 Å². The number of aromatic nitrogens is 2. The Morgan fingerprint density at radius 1 is 0.960 bits per heavy atom. The smallest absolute Gasteiger partial charge is 0.122 e. The molecule has 1 aliphatic rings. The van der Waals surface area contributed by atoms with Gasteiger partial charge >= 0.3 is 0 Å². The van der Waals surface area contributed by atoms with Crippen LogP contribution in [-0.4, -0.2) is 16.6 Å².